The zero-order valence-electron chi connectivity index (χ0n) is 13.0. The first-order valence-corrected chi connectivity index (χ1v) is 7.49. The second-order valence-corrected chi connectivity index (χ2v) is 5.57. The molecule has 1 fully saturated rings. The van der Waals surface area contributed by atoms with E-state index in [1.165, 1.54) is 11.9 Å². The van der Waals surface area contributed by atoms with Crippen molar-refractivity contribution in [2.75, 3.05) is 49.2 Å². The largest absolute Gasteiger partial charge is 0.382 e. The molecule has 1 aromatic carbocycles. The molecule has 0 atom stereocenters. The number of nitrogens with one attached hydrogen (secondary N) is 1. The highest BCUT2D eigenvalue weighted by Crippen LogP contribution is 2.21. The van der Waals surface area contributed by atoms with Crippen molar-refractivity contribution in [2.24, 2.45) is 0 Å². The summed E-state index contributed by atoms with van der Waals surface area (Å²) in [4.78, 5) is 12.9. The third-order valence-corrected chi connectivity index (χ3v) is 3.93. The number of benzene rings is 1. The third-order valence-electron chi connectivity index (χ3n) is 3.93. The number of aromatic nitrogens is 2. The Balaban J connectivity index is 1.68. The van der Waals surface area contributed by atoms with Crippen LogP contribution in [0.4, 0.5) is 23.1 Å². The van der Waals surface area contributed by atoms with Crippen LogP contribution in [0.1, 0.15) is 5.56 Å². The Bertz CT molecular complexity index is 712. The number of anilines is 4. The highest BCUT2D eigenvalue weighted by Gasteiger charge is 2.14. The maximum atomic E-state index is 8.83. The number of hydrogen-bond donors (Lipinski definition) is 2. The van der Waals surface area contributed by atoms with Gasteiger partial charge < -0.3 is 20.9 Å². The Labute approximate surface area is 135 Å². The average molecular weight is 309 g/mol. The number of nitriles is 1. The summed E-state index contributed by atoms with van der Waals surface area (Å²) in [5.41, 5.74) is 8.07. The molecule has 23 heavy (non-hydrogen) atoms. The number of nitrogens with two attached hydrogens (primary N) is 1. The molecular formula is C16H19N7. The van der Waals surface area contributed by atoms with Gasteiger partial charge in [0, 0.05) is 37.6 Å². The van der Waals surface area contributed by atoms with E-state index < -0.39 is 0 Å². The van der Waals surface area contributed by atoms with Crippen LogP contribution >= 0.6 is 0 Å². The fraction of sp³-hybridized carbons (Fsp3) is 0.312. The number of rotatable bonds is 3. The standard InChI is InChI=1S/C16H19N7/c1-22-6-8-23(9-7-22)14-4-2-13(3-5-14)20-16-19-11-12(10-17)15(18)21-16/h2-5,11H,6-9H2,1H3,(H3,18,19,20,21). The lowest BCUT2D eigenvalue weighted by Crippen LogP contribution is -2.44. The molecule has 0 saturated carbocycles. The first kappa shape index (κ1) is 15.1. The lowest BCUT2D eigenvalue weighted by atomic mass is 10.2. The molecule has 118 valence electrons. The molecule has 0 unspecified atom stereocenters. The van der Waals surface area contributed by atoms with Gasteiger partial charge in [0.2, 0.25) is 5.95 Å². The molecule has 0 aliphatic carbocycles. The molecule has 3 rings (SSSR count). The van der Waals surface area contributed by atoms with Crippen LogP contribution in [0.5, 0.6) is 0 Å². The number of nitrogen functional groups attached to an aromatic ring is 1. The topological polar surface area (TPSA) is 94.1 Å². The van der Waals surface area contributed by atoms with Crippen LogP contribution in [0.25, 0.3) is 0 Å². The molecular weight excluding hydrogens is 290 g/mol. The van der Waals surface area contributed by atoms with Crippen molar-refractivity contribution < 1.29 is 0 Å². The number of likely N-dealkylation sites (N-methyl/N-ethyl adjacent to an activating group) is 1. The predicted molar refractivity (Wildman–Crippen MR) is 90.6 cm³/mol. The summed E-state index contributed by atoms with van der Waals surface area (Å²) in [7, 11) is 2.15. The quantitative estimate of drug-likeness (QED) is 0.885. The van der Waals surface area contributed by atoms with Crippen LogP contribution in [-0.4, -0.2) is 48.1 Å². The normalized spacial score (nSPS) is 15.2. The average Bonchev–Trinajstić information content (AvgIpc) is 2.57. The van der Waals surface area contributed by atoms with Crippen molar-refractivity contribution in [2.45, 2.75) is 0 Å². The third kappa shape index (κ3) is 3.49. The minimum absolute atomic E-state index is 0.180. The van der Waals surface area contributed by atoms with Gasteiger partial charge in [-0.25, -0.2) is 4.98 Å². The number of piperazine rings is 1. The smallest absolute Gasteiger partial charge is 0.229 e. The lowest BCUT2D eigenvalue weighted by Gasteiger charge is -2.34. The Morgan fingerprint density at radius 1 is 1.17 bits per heavy atom. The summed E-state index contributed by atoms with van der Waals surface area (Å²) in [6, 6.07) is 10.1. The van der Waals surface area contributed by atoms with Gasteiger partial charge in [-0.1, -0.05) is 0 Å². The maximum absolute atomic E-state index is 8.83. The second kappa shape index (κ2) is 6.50. The number of nitrogens with zero attached hydrogens (tertiary/aromatic N) is 5. The molecule has 7 heteroatoms. The van der Waals surface area contributed by atoms with Crippen molar-refractivity contribution in [3.05, 3.63) is 36.0 Å². The van der Waals surface area contributed by atoms with Crippen molar-refractivity contribution in [1.29, 1.82) is 5.26 Å². The van der Waals surface area contributed by atoms with Gasteiger partial charge in [0.1, 0.15) is 17.5 Å². The zero-order chi connectivity index (χ0) is 16.2. The zero-order valence-corrected chi connectivity index (χ0v) is 13.0. The van der Waals surface area contributed by atoms with Crippen LogP contribution in [0.2, 0.25) is 0 Å². The van der Waals surface area contributed by atoms with E-state index in [0.29, 0.717) is 5.95 Å². The van der Waals surface area contributed by atoms with Crippen LogP contribution in [0, 0.1) is 11.3 Å². The van der Waals surface area contributed by atoms with Gasteiger partial charge in [0.15, 0.2) is 0 Å². The van der Waals surface area contributed by atoms with E-state index in [0.717, 1.165) is 31.9 Å². The molecule has 0 bridgehead atoms. The highest BCUT2D eigenvalue weighted by atomic mass is 15.2. The summed E-state index contributed by atoms with van der Waals surface area (Å²) in [6.07, 6.45) is 1.42. The molecule has 2 aromatic rings. The summed E-state index contributed by atoms with van der Waals surface area (Å²) in [5.74, 6) is 0.563. The van der Waals surface area contributed by atoms with E-state index in [-0.39, 0.29) is 11.4 Å². The van der Waals surface area contributed by atoms with Gasteiger partial charge in [-0.05, 0) is 31.3 Å². The molecule has 2 heterocycles. The first-order valence-electron chi connectivity index (χ1n) is 7.49. The maximum Gasteiger partial charge on any atom is 0.229 e. The second-order valence-electron chi connectivity index (χ2n) is 5.57. The minimum Gasteiger partial charge on any atom is -0.382 e. The van der Waals surface area contributed by atoms with Crippen LogP contribution in [0.15, 0.2) is 30.5 Å². The SMILES string of the molecule is CN1CCN(c2ccc(Nc3ncc(C#N)c(N)n3)cc2)CC1. The molecule has 1 saturated heterocycles. The Hall–Kier alpha value is -2.85. The van der Waals surface area contributed by atoms with Gasteiger partial charge in [-0.15, -0.1) is 0 Å². The van der Waals surface area contributed by atoms with Crippen LogP contribution in [0.3, 0.4) is 0 Å². The lowest BCUT2D eigenvalue weighted by molar-refractivity contribution is 0.313. The monoisotopic (exact) mass is 309 g/mol. The summed E-state index contributed by atoms with van der Waals surface area (Å²) >= 11 is 0. The number of hydrogen-bond acceptors (Lipinski definition) is 7. The molecule has 0 amide bonds. The fourth-order valence-corrected chi connectivity index (χ4v) is 2.49. The van der Waals surface area contributed by atoms with E-state index in [9.17, 15) is 0 Å². The van der Waals surface area contributed by atoms with Gasteiger partial charge in [-0.3, -0.25) is 0 Å². The molecule has 1 aliphatic rings. The molecule has 0 spiro atoms. The van der Waals surface area contributed by atoms with Gasteiger partial charge in [-0.2, -0.15) is 10.2 Å². The van der Waals surface area contributed by atoms with Crippen molar-refractivity contribution in [1.82, 2.24) is 14.9 Å². The van der Waals surface area contributed by atoms with Gasteiger partial charge in [0.25, 0.3) is 0 Å². The fourth-order valence-electron chi connectivity index (χ4n) is 2.49. The van der Waals surface area contributed by atoms with Crippen LogP contribution in [-0.2, 0) is 0 Å². The Kier molecular flexibility index (Phi) is 4.26. The van der Waals surface area contributed by atoms with Gasteiger partial charge in [0.05, 0.1) is 6.20 Å². The minimum atomic E-state index is 0.180. The Morgan fingerprint density at radius 3 is 2.48 bits per heavy atom. The van der Waals surface area contributed by atoms with Crippen molar-refractivity contribution in [3.8, 4) is 6.07 Å². The summed E-state index contributed by atoms with van der Waals surface area (Å²) in [6.45, 7) is 4.24. The molecule has 7 nitrogen and oxygen atoms in total. The van der Waals surface area contributed by atoms with Crippen molar-refractivity contribution >= 4 is 23.1 Å². The van der Waals surface area contributed by atoms with Gasteiger partial charge >= 0.3 is 0 Å². The molecule has 3 N–H and O–H groups in total. The summed E-state index contributed by atoms with van der Waals surface area (Å²) in [5, 5.41) is 11.9. The van der Waals surface area contributed by atoms with E-state index in [1.54, 1.807) is 0 Å². The first-order chi connectivity index (χ1) is 11.2. The van der Waals surface area contributed by atoms with Crippen LogP contribution < -0.4 is 16.0 Å². The Morgan fingerprint density at radius 2 is 1.87 bits per heavy atom. The van der Waals surface area contributed by atoms with E-state index in [1.807, 2.05) is 18.2 Å². The van der Waals surface area contributed by atoms with Crippen molar-refractivity contribution in [3.63, 3.8) is 0 Å². The highest BCUT2D eigenvalue weighted by molar-refractivity contribution is 5.61. The predicted octanol–water partition coefficient (Wildman–Crippen LogP) is 1.43. The molecule has 1 aromatic heterocycles. The van der Waals surface area contributed by atoms with E-state index in [2.05, 4.69) is 44.3 Å². The molecule has 0 radical (unpaired) electrons. The molecule has 1 aliphatic heterocycles. The van der Waals surface area contributed by atoms with E-state index >= 15 is 0 Å². The van der Waals surface area contributed by atoms with E-state index in [4.69, 9.17) is 11.0 Å². The summed E-state index contributed by atoms with van der Waals surface area (Å²) < 4.78 is 0.